The van der Waals surface area contributed by atoms with Crippen molar-refractivity contribution in [1.29, 1.82) is 0 Å². The first kappa shape index (κ1) is 19.6. The number of amides is 1. The summed E-state index contributed by atoms with van der Waals surface area (Å²) in [5.74, 6) is 0.843. The Morgan fingerprint density at radius 3 is 2.50 bits per heavy atom. The first-order valence-corrected chi connectivity index (χ1v) is 12.1. The van der Waals surface area contributed by atoms with Crippen LogP contribution < -0.4 is 4.90 Å². The van der Waals surface area contributed by atoms with Gasteiger partial charge in [-0.05, 0) is 68.2 Å². The molecule has 5 heteroatoms. The van der Waals surface area contributed by atoms with Gasteiger partial charge < -0.3 is 9.80 Å². The van der Waals surface area contributed by atoms with Crippen LogP contribution in [0.3, 0.4) is 0 Å². The lowest BCUT2D eigenvalue weighted by Crippen LogP contribution is -2.38. The van der Waals surface area contributed by atoms with Gasteiger partial charge in [-0.3, -0.25) is 4.79 Å². The minimum absolute atomic E-state index is 0.169. The summed E-state index contributed by atoms with van der Waals surface area (Å²) >= 11 is 1.73. The van der Waals surface area contributed by atoms with Crippen LogP contribution in [0.15, 0.2) is 48.5 Å². The molecule has 0 unspecified atom stereocenters. The van der Waals surface area contributed by atoms with Crippen molar-refractivity contribution >= 4 is 32.6 Å². The molecule has 2 aromatic carbocycles. The van der Waals surface area contributed by atoms with Crippen LogP contribution in [0, 0.1) is 5.92 Å². The number of hydrogen-bond acceptors (Lipinski definition) is 4. The highest BCUT2D eigenvalue weighted by Crippen LogP contribution is 2.32. The molecular weight excluding hydrogens is 390 g/mol. The third-order valence-electron chi connectivity index (χ3n) is 6.52. The van der Waals surface area contributed by atoms with Crippen LogP contribution in [0.25, 0.3) is 10.2 Å². The Morgan fingerprint density at radius 2 is 1.73 bits per heavy atom. The molecule has 2 fully saturated rings. The number of anilines is 1. The lowest BCUT2D eigenvalue weighted by molar-refractivity contribution is 0.0691. The summed E-state index contributed by atoms with van der Waals surface area (Å²) < 4.78 is 1.13. The van der Waals surface area contributed by atoms with E-state index in [1.54, 1.807) is 11.3 Å². The van der Waals surface area contributed by atoms with E-state index in [0.717, 1.165) is 66.4 Å². The molecule has 3 aromatic rings. The van der Waals surface area contributed by atoms with E-state index in [1.165, 1.54) is 24.8 Å². The van der Waals surface area contributed by atoms with E-state index in [1.807, 2.05) is 17.0 Å². The maximum atomic E-state index is 13.1. The highest BCUT2D eigenvalue weighted by molar-refractivity contribution is 7.22. The van der Waals surface area contributed by atoms with Crippen molar-refractivity contribution in [3.63, 3.8) is 0 Å². The Kier molecular flexibility index (Phi) is 5.71. The number of carbonyl (C=O) groups is 1. The molecule has 1 amide bonds. The second kappa shape index (κ2) is 8.76. The first-order chi connectivity index (χ1) is 14.8. The summed E-state index contributed by atoms with van der Waals surface area (Å²) in [6, 6.07) is 16.7. The average molecular weight is 420 g/mol. The molecule has 0 radical (unpaired) electrons. The molecule has 2 aliphatic heterocycles. The Morgan fingerprint density at radius 1 is 0.967 bits per heavy atom. The van der Waals surface area contributed by atoms with Crippen LogP contribution >= 0.6 is 11.3 Å². The van der Waals surface area contributed by atoms with Crippen molar-refractivity contribution in [2.75, 3.05) is 31.1 Å². The average Bonchev–Trinajstić information content (AvgIpc) is 3.24. The SMILES string of the molecule is O=C(c1ccc2nc(N3CCCCC3)sc2c1)N1CCC(Cc2ccccc2)CC1. The standard InChI is InChI=1S/C25H29N3OS/c29-24(27-15-11-20(12-16-27)17-19-7-3-1-4-8-19)21-9-10-22-23(18-21)30-25(26-22)28-13-5-2-6-14-28/h1,3-4,7-10,18,20H,2,5-6,11-17H2. The smallest absolute Gasteiger partial charge is 0.253 e. The Labute approximate surface area is 182 Å². The molecule has 0 spiro atoms. The van der Waals surface area contributed by atoms with E-state index < -0.39 is 0 Å². The number of nitrogens with zero attached hydrogens (tertiary/aromatic N) is 3. The van der Waals surface area contributed by atoms with Crippen molar-refractivity contribution < 1.29 is 4.79 Å². The molecule has 2 saturated heterocycles. The highest BCUT2D eigenvalue weighted by atomic mass is 32.1. The molecule has 0 atom stereocenters. The highest BCUT2D eigenvalue weighted by Gasteiger charge is 2.24. The number of aromatic nitrogens is 1. The van der Waals surface area contributed by atoms with Crippen LogP contribution in [-0.4, -0.2) is 42.0 Å². The maximum Gasteiger partial charge on any atom is 0.253 e. The van der Waals surface area contributed by atoms with E-state index in [-0.39, 0.29) is 5.91 Å². The van der Waals surface area contributed by atoms with Gasteiger partial charge in [-0.15, -0.1) is 0 Å². The van der Waals surface area contributed by atoms with E-state index in [0.29, 0.717) is 5.92 Å². The summed E-state index contributed by atoms with van der Waals surface area (Å²) in [6.45, 7) is 3.92. The van der Waals surface area contributed by atoms with Crippen LogP contribution in [0.5, 0.6) is 0 Å². The number of hydrogen-bond donors (Lipinski definition) is 0. The summed E-state index contributed by atoms with van der Waals surface area (Å²) in [5.41, 5.74) is 3.22. The van der Waals surface area contributed by atoms with Crippen molar-refractivity contribution in [3.05, 3.63) is 59.7 Å². The second-order valence-corrected chi connectivity index (χ2v) is 9.66. The van der Waals surface area contributed by atoms with Gasteiger partial charge in [-0.25, -0.2) is 4.98 Å². The first-order valence-electron chi connectivity index (χ1n) is 11.2. The monoisotopic (exact) mass is 419 g/mol. The van der Waals surface area contributed by atoms with Gasteiger partial charge in [0.15, 0.2) is 5.13 Å². The number of likely N-dealkylation sites (tertiary alicyclic amines) is 1. The van der Waals surface area contributed by atoms with E-state index in [2.05, 4.69) is 41.3 Å². The number of benzene rings is 2. The third-order valence-corrected chi connectivity index (χ3v) is 7.60. The molecule has 3 heterocycles. The second-order valence-electron chi connectivity index (χ2n) is 8.65. The van der Waals surface area contributed by atoms with Gasteiger partial charge in [-0.2, -0.15) is 0 Å². The van der Waals surface area contributed by atoms with Gasteiger partial charge >= 0.3 is 0 Å². The van der Waals surface area contributed by atoms with Crippen LogP contribution in [-0.2, 0) is 6.42 Å². The Bertz CT molecular complexity index is 1000. The molecule has 2 aliphatic rings. The minimum Gasteiger partial charge on any atom is -0.348 e. The normalized spacial score (nSPS) is 18.1. The fourth-order valence-electron chi connectivity index (χ4n) is 4.74. The lowest BCUT2D eigenvalue weighted by atomic mass is 9.90. The number of carbonyl (C=O) groups excluding carboxylic acids is 1. The number of rotatable bonds is 4. The third kappa shape index (κ3) is 4.22. The zero-order valence-electron chi connectivity index (χ0n) is 17.4. The van der Waals surface area contributed by atoms with E-state index in [9.17, 15) is 4.79 Å². The summed E-state index contributed by atoms with van der Waals surface area (Å²) in [4.78, 5) is 22.4. The zero-order chi connectivity index (χ0) is 20.3. The molecule has 4 nitrogen and oxygen atoms in total. The summed E-state index contributed by atoms with van der Waals surface area (Å²) in [5, 5.41) is 1.11. The topological polar surface area (TPSA) is 36.4 Å². The van der Waals surface area contributed by atoms with Gasteiger partial charge in [0, 0.05) is 31.7 Å². The quantitative estimate of drug-likeness (QED) is 0.569. The minimum atomic E-state index is 0.169. The number of thiazole rings is 1. The molecule has 0 bridgehead atoms. The van der Waals surface area contributed by atoms with Crippen molar-refractivity contribution in [3.8, 4) is 0 Å². The number of fused-ring (bicyclic) bond motifs is 1. The van der Waals surface area contributed by atoms with Gasteiger partial charge in [0.1, 0.15) is 0 Å². The van der Waals surface area contributed by atoms with Gasteiger partial charge in [0.25, 0.3) is 5.91 Å². The van der Waals surface area contributed by atoms with Gasteiger partial charge in [0.2, 0.25) is 0 Å². The van der Waals surface area contributed by atoms with E-state index >= 15 is 0 Å². The molecule has 156 valence electrons. The van der Waals surface area contributed by atoms with Gasteiger partial charge in [-0.1, -0.05) is 41.7 Å². The Hall–Kier alpha value is -2.40. The number of piperidine rings is 2. The fraction of sp³-hybridized carbons (Fsp3) is 0.440. The van der Waals surface area contributed by atoms with Crippen molar-refractivity contribution in [2.24, 2.45) is 5.92 Å². The molecule has 0 saturated carbocycles. The van der Waals surface area contributed by atoms with Crippen LogP contribution in [0.1, 0.15) is 48.0 Å². The van der Waals surface area contributed by atoms with Gasteiger partial charge in [0.05, 0.1) is 10.2 Å². The molecular formula is C25H29N3OS. The molecule has 5 rings (SSSR count). The predicted molar refractivity (Wildman–Crippen MR) is 124 cm³/mol. The van der Waals surface area contributed by atoms with Crippen molar-refractivity contribution in [1.82, 2.24) is 9.88 Å². The zero-order valence-corrected chi connectivity index (χ0v) is 18.2. The van der Waals surface area contributed by atoms with Crippen LogP contribution in [0.2, 0.25) is 0 Å². The van der Waals surface area contributed by atoms with Crippen LogP contribution in [0.4, 0.5) is 5.13 Å². The fourth-order valence-corrected chi connectivity index (χ4v) is 5.79. The largest absolute Gasteiger partial charge is 0.348 e. The van der Waals surface area contributed by atoms with E-state index in [4.69, 9.17) is 4.98 Å². The van der Waals surface area contributed by atoms with Crippen molar-refractivity contribution in [2.45, 2.75) is 38.5 Å². The lowest BCUT2D eigenvalue weighted by Gasteiger charge is -2.32. The predicted octanol–water partition coefficient (Wildman–Crippen LogP) is 5.38. The Balaban J connectivity index is 1.23. The maximum absolute atomic E-state index is 13.1. The molecule has 0 aliphatic carbocycles. The summed E-state index contributed by atoms with van der Waals surface area (Å²) in [7, 11) is 0. The summed E-state index contributed by atoms with van der Waals surface area (Å²) in [6.07, 6.45) is 7.11. The molecule has 30 heavy (non-hydrogen) atoms. The molecule has 1 aromatic heterocycles. The molecule has 0 N–H and O–H groups in total.